The van der Waals surface area contributed by atoms with E-state index in [1.54, 1.807) is 11.8 Å². The number of anilines is 1. The molecule has 4 rings (SSSR count). The van der Waals surface area contributed by atoms with Crippen LogP contribution in [-0.2, 0) is 9.53 Å². The van der Waals surface area contributed by atoms with Gasteiger partial charge in [0.15, 0.2) is 5.13 Å². The first kappa shape index (κ1) is 23.8. The van der Waals surface area contributed by atoms with E-state index in [1.807, 2.05) is 4.90 Å². The lowest BCUT2D eigenvalue weighted by Crippen LogP contribution is -2.57. The number of H-pyrrole nitrogens is 1. The van der Waals surface area contributed by atoms with Crippen LogP contribution in [0.5, 0.6) is 0 Å². The first-order valence-corrected chi connectivity index (χ1v) is 12.0. The molecule has 2 aromatic rings. The maximum absolute atomic E-state index is 13.4. The summed E-state index contributed by atoms with van der Waals surface area (Å²) < 4.78 is 5.36. The number of nitrogens with zero attached hydrogens (tertiary/aromatic N) is 3. The van der Waals surface area contributed by atoms with Crippen molar-refractivity contribution in [1.29, 1.82) is 0 Å². The number of nitrogens with one attached hydrogen (secondary N) is 2. The number of hydrogen-bond donors (Lipinski definition) is 3. The lowest BCUT2D eigenvalue weighted by atomic mass is 9.90. The van der Waals surface area contributed by atoms with Crippen molar-refractivity contribution in [3.05, 3.63) is 32.5 Å². The predicted octanol–water partition coefficient (Wildman–Crippen LogP) is 2.27. The van der Waals surface area contributed by atoms with Crippen molar-refractivity contribution in [2.45, 2.75) is 19.4 Å². The van der Waals surface area contributed by atoms with E-state index in [-0.39, 0.29) is 26.5 Å². The number of rotatable bonds is 5. The number of carboxylic acid groups (broad SMARTS) is 1. The average Bonchev–Trinajstić information content (AvgIpc) is 3.41. The number of carboxylic acids is 1. The molecule has 0 aromatic carbocycles. The molecule has 0 bridgehead atoms. The minimum absolute atomic E-state index is 0.0879. The molecule has 2 aliphatic rings. The number of piperidine rings is 1. The zero-order valence-electron chi connectivity index (χ0n) is 17.8. The molecule has 33 heavy (non-hydrogen) atoms. The number of aromatic amines is 1. The van der Waals surface area contributed by atoms with Crippen LogP contribution in [-0.4, -0.2) is 83.2 Å². The molecular formula is C20H23Cl2N5O5S. The van der Waals surface area contributed by atoms with Crippen LogP contribution in [0.3, 0.4) is 0 Å². The largest absolute Gasteiger partial charge is 0.477 e. The number of carbonyl (C=O) groups excluding carboxylic acids is 2. The number of halogens is 2. The van der Waals surface area contributed by atoms with Crippen LogP contribution in [0.4, 0.5) is 5.13 Å². The third kappa shape index (κ3) is 4.96. The molecule has 2 atom stereocenters. The average molecular weight is 516 g/mol. The summed E-state index contributed by atoms with van der Waals surface area (Å²) in [6.07, 6.45) is 1.79. The van der Waals surface area contributed by atoms with Crippen LogP contribution in [0.25, 0.3) is 0 Å². The smallest absolute Gasteiger partial charge is 0.347 e. The Morgan fingerprint density at radius 1 is 1.24 bits per heavy atom. The summed E-state index contributed by atoms with van der Waals surface area (Å²) in [7, 11) is 0. The van der Waals surface area contributed by atoms with Gasteiger partial charge in [-0.2, -0.15) is 0 Å². The van der Waals surface area contributed by atoms with Crippen LogP contribution in [0.15, 0.2) is 6.20 Å². The van der Waals surface area contributed by atoms with Gasteiger partial charge in [-0.1, -0.05) is 34.5 Å². The Labute approximate surface area is 203 Å². The Balaban J connectivity index is 1.55. The van der Waals surface area contributed by atoms with E-state index >= 15 is 0 Å². The van der Waals surface area contributed by atoms with Crippen LogP contribution in [0.1, 0.15) is 32.3 Å². The van der Waals surface area contributed by atoms with Crippen molar-refractivity contribution in [2.75, 3.05) is 44.3 Å². The molecule has 178 valence electrons. The number of aromatic nitrogens is 2. The lowest BCUT2D eigenvalue weighted by molar-refractivity contribution is -0.140. The van der Waals surface area contributed by atoms with Gasteiger partial charge in [-0.25, -0.2) is 9.78 Å². The van der Waals surface area contributed by atoms with Gasteiger partial charge in [0.25, 0.3) is 5.91 Å². The Kier molecular flexibility index (Phi) is 7.13. The normalized spacial score (nSPS) is 21.2. The Bertz CT molecular complexity index is 1070. The zero-order valence-corrected chi connectivity index (χ0v) is 20.1. The summed E-state index contributed by atoms with van der Waals surface area (Å²) in [6, 6.07) is -0.443. The summed E-state index contributed by atoms with van der Waals surface area (Å²) in [5.41, 5.74) is 0.741. The van der Waals surface area contributed by atoms with Crippen molar-refractivity contribution in [2.24, 2.45) is 5.92 Å². The molecule has 0 saturated carbocycles. The number of thiazole rings is 1. The molecule has 2 unspecified atom stereocenters. The van der Waals surface area contributed by atoms with Crippen LogP contribution in [0, 0.1) is 12.8 Å². The van der Waals surface area contributed by atoms with Gasteiger partial charge in [0.1, 0.15) is 10.6 Å². The Morgan fingerprint density at radius 2 is 1.97 bits per heavy atom. The number of amides is 2. The number of morpholine rings is 1. The molecule has 2 aromatic heterocycles. The van der Waals surface area contributed by atoms with Crippen LogP contribution >= 0.6 is 34.5 Å². The lowest BCUT2D eigenvalue weighted by Gasteiger charge is -2.40. The number of aromatic carboxylic acids is 1. The molecule has 2 amide bonds. The van der Waals surface area contributed by atoms with Gasteiger partial charge in [0.05, 0.1) is 35.4 Å². The second-order valence-corrected chi connectivity index (χ2v) is 9.69. The summed E-state index contributed by atoms with van der Waals surface area (Å²) in [5.74, 6) is -2.12. The van der Waals surface area contributed by atoms with E-state index in [9.17, 15) is 19.5 Å². The fourth-order valence-electron chi connectivity index (χ4n) is 4.05. The summed E-state index contributed by atoms with van der Waals surface area (Å²) in [5, 5.41) is 13.1. The molecule has 0 spiro atoms. The molecule has 2 aliphatic heterocycles. The molecule has 0 radical (unpaired) electrons. The highest BCUT2D eigenvalue weighted by Crippen LogP contribution is 2.31. The maximum Gasteiger partial charge on any atom is 0.347 e. The summed E-state index contributed by atoms with van der Waals surface area (Å²) >= 11 is 13.4. The van der Waals surface area contributed by atoms with Gasteiger partial charge in [0, 0.05) is 37.9 Å². The first-order chi connectivity index (χ1) is 15.8. The number of hydrogen-bond acceptors (Lipinski definition) is 7. The van der Waals surface area contributed by atoms with Gasteiger partial charge in [-0.15, -0.1) is 0 Å². The van der Waals surface area contributed by atoms with Gasteiger partial charge in [0.2, 0.25) is 5.91 Å². The third-order valence-corrected chi connectivity index (χ3v) is 7.82. The van der Waals surface area contributed by atoms with E-state index in [4.69, 9.17) is 27.9 Å². The highest BCUT2D eigenvalue weighted by Gasteiger charge is 2.39. The first-order valence-electron chi connectivity index (χ1n) is 10.4. The van der Waals surface area contributed by atoms with Gasteiger partial charge in [-0.3, -0.25) is 9.59 Å². The van der Waals surface area contributed by atoms with Crippen molar-refractivity contribution in [1.82, 2.24) is 20.2 Å². The standard InChI is InChI=1S/C20H23Cl2N5O5S/c1-10-14(21)15(22)16(24-10)17(28)25-12-2-3-27(20-23-8-13(33-20)19(30)31)9-11(12)18(29)26-4-6-32-7-5-26/h8,11-12,24H,2-7,9H2,1H3,(H,25,28)(H,30,31). The molecule has 2 saturated heterocycles. The van der Waals surface area contributed by atoms with Gasteiger partial charge < -0.3 is 29.9 Å². The molecule has 4 heterocycles. The second-order valence-electron chi connectivity index (χ2n) is 7.92. The SMILES string of the molecule is Cc1[nH]c(C(=O)NC2CCN(c3ncc(C(=O)O)s3)CC2C(=O)N2CCOCC2)c(Cl)c1Cl. The van der Waals surface area contributed by atoms with Crippen molar-refractivity contribution < 1.29 is 24.2 Å². The minimum Gasteiger partial charge on any atom is -0.477 e. The van der Waals surface area contributed by atoms with Gasteiger partial charge >= 0.3 is 5.97 Å². The molecule has 0 aliphatic carbocycles. The number of aryl methyl sites for hydroxylation is 1. The van der Waals surface area contributed by atoms with E-state index in [0.717, 1.165) is 11.3 Å². The second kappa shape index (κ2) is 9.88. The number of carbonyl (C=O) groups is 3. The Hall–Kier alpha value is -2.34. The van der Waals surface area contributed by atoms with E-state index < -0.39 is 23.8 Å². The van der Waals surface area contributed by atoms with Crippen molar-refractivity contribution >= 4 is 57.5 Å². The van der Waals surface area contributed by atoms with Crippen LogP contribution in [0.2, 0.25) is 10.0 Å². The zero-order chi connectivity index (χ0) is 23.7. The molecule has 2 fully saturated rings. The topological polar surface area (TPSA) is 128 Å². The summed E-state index contributed by atoms with van der Waals surface area (Å²) in [4.78, 5) is 48.5. The van der Waals surface area contributed by atoms with Crippen molar-refractivity contribution in [3.8, 4) is 0 Å². The highest BCUT2D eigenvalue weighted by molar-refractivity contribution is 7.17. The number of ether oxygens (including phenoxy) is 1. The van der Waals surface area contributed by atoms with Crippen molar-refractivity contribution in [3.63, 3.8) is 0 Å². The monoisotopic (exact) mass is 515 g/mol. The molecule has 3 N–H and O–H groups in total. The molecule has 13 heteroatoms. The predicted molar refractivity (Wildman–Crippen MR) is 124 cm³/mol. The summed E-state index contributed by atoms with van der Waals surface area (Å²) in [6.45, 7) is 4.40. The van der Waals surface area contributed by atoms with Crippen LogP contribution < -0.4 is 10.2 Å². The quantitative estimate of drug-likeness (QED) is 0.556. The third-order valence-electron chi connectivity index (χ3n) is 5.83. The minimum atomic E-state index is -1.04. The van der Waals surface area contributed by atoms with E-state index in [1.165, 1.54) is 6.20 Å². The molecule has 10 nitrogen and oxygen atoms in total. The van der Waals surface area contributed by atoms with E-state index in [2.05, 4.69) is 15.3 Å². The highest BCUT2D eigenvalue weighted by atomic mass is 35.5. The fraction of sp³-hybridized carbons (Fsp3) is 0.500. The van der Waals surface area contributed by atoms with E-state index in [0.29, 0.717) is 56.6 Å². The maximum atomic E-state index is 13.4. The van der Waals surface area contributed by atoms with Gasteiger partial charge in [-0.05, 0) is 13.3 Å². The molecular weight excluding hydrogens is 493 g/mol. The fourth-order valence-corrected chi connectivity index (χ4v) is 5.25. The Morgan fingerprint density at radius 3 is 2.58 bits per heavy atom.